The zero-order valence-corrected chi connectivity index (χ0v) is 16.7. The van der Waals surface area contributed by atoms with Gasteiger partial charge in [0, 0.05) is 18.8 Å². The third kappa shape index (κ3) is 4.72. The van der Waals surface area contributed by atoms with Crippen molar-refractivity contribution in [2.75, 3.05) is 11.9 Å². The van der Waals surface area contributed by atoms with Gasteiger partial charge in [0.25, 0.3) is 0 Å². The predicted octanol–water partition coefficient (Wildman–Crippen LogP) is 3.95. The lowest BCUT2D eigenvalue weighted by atomic mass is 10.0. The average Bonchev–Trinajstić information content (AvgIpc) is 3.30. The topological polar surface area (TPSA) is 117 Å². The molecule has 0 amide bonds. The number of aromatic nitrogens is 2. The molecule has 2 aromatic heterocycles. The molecule has 2 aromatic carbocycles. The number of nitrogens with zero attached hydrogens (tertiary/aromatic N) is 1. The summed E-state index contributed by atoms with van der Waals surface area (Å²) in [6.45, 7) is 0.334. The molecule has 0 radical (unpaired) electrons. The number of aromatic amines is 1. The first-order chi connectivity index (χ1) is 14.7. The maximum absolute atomic E-state index is 12.7. The quantitative estimate of drug-likeness (QED) is 0.353. The first-order valence-electron chi connectivity index (χ1n) is 9.16. The highest BCUT2D eigenvalue weighted by molar-refractivity contribution is 7.18. The first-order valence-corrected chi connectivity index (χ1v) is 9.98. The van der Waals surface area contributed by atoms with Gasteiger partial charge in [0.1, 0.15) is 5.75 Å². The molecule has 0 saturated heterocycles. The smallest absolute Gasteiger partial charge is 0.419 e. The number of oxazole rings is 1. The van der Waals surface area contributed by atoms with Gasteiger partial charge < -0.3 is 20.6 Å². The fourth-order valence-electron chi connectivity index (χ4n) is 3.13. The van der Waals surface area contributed by atoms with E-state index in [2.05, 4.69) is 15.3 Å². The van der Waals surface area contributed by atoms with Gasteiger partial charge in [-0.3, -0.25) is 4.98 Å². The second-order valence-electron chi connectivity index (χ2n) is 6.95. The van der Waals surface area contributed by atoms with Gasteiger partial charge in [-0.1, -0.05) is 23.5 Å². The Morgan fingerprint density at radius 1 is 1.26 bits per heavy atom. The first kappa shape index (κ1) is 20.9. The number of hydrogen-bond acceptors (Lipinski definition) is 7. The standard InChI is InChI=1S/C20H17F3N4O3S/c21-20(22,23)13-3-1-10(6-15(13)28)5-12(24)8-25-18-26-9-17(31-18)11-2-4-14-16(7-11)30-19(29)27-14/h1-4,6-7,9,12,28H,5,8,24H2,(H,25,26)(H,27,29)/t12-/m0/s1. The zero-order chi connectivity index (χ0) is 22.2. The number of fused-ring (bicyclic) bond motifs is 1. The van der Waals surface area contributed by atoms with E-state index in [-0.39, 0.29) is 6.42 Å². The highest BCUT2D eigenvalue weighted by Crippen LogP contribution is 2.36. The van der Waals surface area contributed by atoms with Crippen molar-refractivity contribution in [1.29, 1.82) is 0 Å². The van der Waals surface area contributed by atoms with Crippen LogP contribution in [0.25, 0.3) is 21.5 Å². The number of phenolic OH excluding ortho intramolecular Hbond substituents is 1. The monoisotopic (exact) mass is 450 g/mol. The van der Waals surface area contributed by atoms with E-state index < -0.39 is 29.3 Å². The van der Waals surface area contributed by atoms with Gasteiger partial charge in [0.15, 0.2) is 10.7 Å². The van der Waals surface area contributed by atoms with Crippen molar-refractivity contribution in [2.24, 2.45) is 5.73 Å². The summed E-state index contributed by atoms with van der Waals surface area (Å²) in [7, 11) is 0. The summed E-state index contributed by atoms with van der Waals surface area (Å²) in [5.41, 5.74) is 7.40. The number of alkyl halides is 3. The van der Waals surface area contributed by atoms with Gasteiger partial charge in [0.2, 0.25) is 0 Å². The van der Waals surface area contributed by atoms with Crippen LogP contribution < -0.4 is 16.8 Å². The Labute approximate surface area is 177 Å². The molecule has 7 nitrogen and oxygen atoms in total. The number of nitrogens with two attached hydrogens (primary N) is 1. The molecule has 5 N–H and O–H groups in total. The van der Waals surface area contributed by atoms with E-state index in [9.17, 15) is 23.1 Å². The van der Waals surface area contributed by atoms with Crippen molar-refractivity contribution in [3.05, 3.63) is 64.3 Å². The lowest BCUT2D eigenvalue weighted by molar-refractivity contribution is -0.138. The van der Waals surface area contributed by atoms with E-state index >= 15 is 0 Å². The zero-order valence-electron chi connectivity index (χ0n) is 15.9. The van der Waals surface area contributed by atoms with Crippen molar-refractivity contribution in [2.45, 2.75) is 18.6 Å². The fourth-order valence-corrected chi connectivity index (χ4v) is 3.94. The second kappa shape index (κ2) is 8.08. The molecular formula is C20H17F3N4O3S. The number of thiazole rings is 1. The second-order valence-corrected chi connectivity index (χ2v) is 7.98. The van der Waals surface area contributed by atoms with Crippen LogP contribution in [0.2, 0.25) is 0 Å². The molecule has 4 rings (SSSR count). The Bertz CT molecular complexity index is 1280. The Hall–Kier alpha value is -3.31. The molecule has 162 valence electrons. The maximum atomic E-state index is 12.7. The minimum absolute atomic E-state index is 0.278. The van der Waals surface area contributed by atoms with Crippen LogP contribution in [0.5, 0.6) is 5.75 Å². The third-order valence-corrected chi connectivity index (χ3v) is 5.60. The number of rotatable bonds is 6. The Morgan fingerprint density at radius 2 is 2.06 bits per heavy atom. The van der Waals surface area contributed by atoms with Gasteiger partial charge in [0.05, 0.1) is 16.0 Å². The molecule has 0 fully saturated rings. The van der Waals surface area contributed by atoms with Gasteiger partial charge in [-0.05, 0) is 41.8 Å². The highest BCUT2D eigenvalue weighted by atomic mass is 32.1. The number of benzene rings is 2. The number of halogens is 3. The van der Waals surface area contributed by atoms with E-state index in [1.807, 2.05) is 6.07 Å². The number of H-pyrrole nitrogens is 1. The Morgan fingerprint density at radius 3 is 2.81 bits per heavy atom. The summed E-state index contributed by atoms with van der Waals surface area (Å²) in [6, 6.07) is 8.16. The van der Waals surface area contributed by atoms with Gasteiger partial charge >= 0.3 is 11.9 Å². The van der Waals surface area contributed by atoms with E-state index in [0.29, 0.717) is 28.3 Å². The van der Waals surface area contributed by atoms with Gasteiger partial charge in [-0.25, -0.2) is 9.78 Å². The summed E-state index contributed by atoms with van der Waals surface area (Å²) in [4.78, 5) is 19.0. The lowest BCUT2D eigenvalue weighted by Crippen LogP contribution is -2.31. The molecule has 1 atom stereocenters. The van der Waals surface area contributed by atoms with Gasteiger partial charge in [-0.15, -0.1) is 0 Å². The van der Waals surface area contributed by atoms with Crippen LogP contribution in [0.3, 0.4) is 0 Å². The van der Waals surface area contributed by atoms with Crippen LogP contribution in [0.1, 0.15) is 11.1 Å². The summed E-state index contributed by atoms with van der Waals surface area (Å²) < 4.78 is 43.3. The summed E-state index contributed by atoms with van der Waals surface area (Å²) >= 11 is 1.38. The molecule has 2 heterocycles. The maximum Gasteiger partial charge on any atom is 0.419 e. The largest absolute Gasteiger partial charge is 0.507 e. The van der Waals surface area contributed by atoms with Crippen molar-refractivity contribution in [1.82, 2.24) is 9.97 Å². The van der Waals surface area contributed by atoms with E-state index in [4.69, 9.17) is 10.2 Å². The summed E-state index contributed by atoms with van der Waals surface area (Å²) in [5.74, 6) is -1.33. The van der Waals surface area contributed by atoms with Gasteiger partial charge in [-0.2, -0.15) is 13.2 Å². The summed E-state index contributed by atoms with van der Waals surface area (Å²) in [6.07, 6.45) is -2.65. The number of phenols is 1. The normalized spacial score (nSPS) is 12.9. The van der Waals surface area contributed by atoms with E-state index in [1.165, 1.54) is 17.4 Å². The minimum atomic E-state index is -4.61. The van der Waals surface area contributed by atoms with Crippen LogP contribution in [-0.2, 0) is 12.6 Å². The molecule has 0 aliphatic rings. The summed E-state index contributed by atoms with van der Waals surface area (Å²) in [5, 5.41) is 13.3. The minimum Gasteiger partial charge on any atom is -0.507 e. The lowest BCUT2D eigenvalue weighted by Gasteiger charge is -2.14. The Kier molecular flexibility index (Phi) is 5.46. The molecule has 0 spiro atoms. The van der Waals surface area contributed by atoms with Crippen molar-refractivity contribution in [3.8, 4) is 16.2 Å². The molecule has 11 heteroatoms. The van der Waals surface area contributed by atoms with Crippen LogP contribution in [-0.4, -0.2) is 27.7 Å². The molecule has 0 aliphatic carbocycles. The molecule has 0 saturated carbocycles. The number of anilines is 1. The highest BCUT2D eigenvalue weighted by Gasteiger charge is 2.33. The number of nitrogens with one attached hydrogen (secondary N) is 2. The molecule has 0 unspecified atom stereocenters. The fraction of sp³-hybridized carbons (Fsp3) is 0.200. The molecular weight excluding hydrogens is 433 g/mol. The Balaban J connectivity index is 1.38. The molecule has 0 bridgehead atoms. The molecule has 4 aromatic rings. The molecule has 31 heavy (non-hydrogen) atoms. The number of hydrogen-bond donors (Lipinski definition) is 4. The number of aromatic hydroxyl groups is 1. The average molecular weight is 450 g/mol. The van der Waals surface area contributed by atoms with Crippen molar-refractivity contribution >= 4 is 27.6 Å². The predicted molar refractivity (Wildman–Crippen MR) is 111 cm³/mol. The van der Waals surface area contributed by atoms with Crippen molar-refractivity contribution in [3.63, 3.8) is 0 Å². The van der Waals surface area contributed by atoms with Crippen LogP contribution in [0.15, 0.2) is 51.8 Å². The van der Waals surface area contributed by atoms with Crippen molar-refractivity contribution < 1.29 is 22.7 Å². The third-order valence-electron chi connectivity index (χ3n) is 4.59. The van der Waals surface area contributed by atoms with E-state index in [1.54, 1.807) is 18.3 Å². The van der Waals surface area contributed by atoms with E-state index in [0.717, 1.165) is 22.6 Å². The van der Waals surface area contributed by atoms with Crippen LogP contribution in [0, 0.1) is 0 Å². The SMILES string of the molecule is N[C@H](CNc1ncc(-c2ccc3[nH]c(=O)oc3c2)s1)Cc1ccc(C(F)(F)F)c(O)c1. The van der Waals surface area contributed by atoms with Crippen LogP contribution >= 0.6 is 11.3 Å². The van der Waals surface area contributed by atoms with Crippen LogP contribution in [0.4, 0.5) is 18.3 Å². The molecule has 0 aliphatic heterocycles.